The Bertz CT molecular complexity index is 952. The van der Waals surface area contributed by atoms with Gasteiger partial charge in [0.2, 0.25) is 0 Å². The van der Waals surface area contributed by atoms with Crippen molar-refractivity contribution in [2.45, 2.75) is 9.79 Å². The molecule has 0 atom stereocenters. The summed E-state index contributed by atoms with van der Waals surface area (Å²) in [4.78, 5) is 3.36. The van der Waals surface area contributed by atoms with Gasteiger partial charge in [0.1, 0.15) is 12.4 Å². The number of benzene rings is 1. The average Bonchev–Trinajstić information content (AvgIpc) is 2.84. The van der Waals surface area contributed by atoms with Gasteiger partial charge in [0.25, 0.3) is 5.82 Å². The van der Waals surface area contributed by atoms with Crippen LogP contribution in [0.2, 0.25) is 0 Å². The molecule has 0 radical (unpaired) electrons. The van der Waals surface area contributed by atoms with Crippen LogP contribution in [0.3, 0.4) is 0 Å². The van der Waals surface area contributed by atoms with Crippen molar-refractivity contribution in [2.75, 3.05) is 12.5 Å². The van der Waals surface area contributed by atoms with Gasteiger partial charge in [0, 0.05) is 12.5 Å². The summed E-state index contributed by atoms with van der Waals surface area (Å²) in [6.07, 6.45) is 3.13. The largest absolute Gasteiger partial charge is 0.252 e. The Labute approximate surface area is 121 Å². The zero-order valence-corrected chi connectivity index (χ0v) is 12.7. The molecule has 0 saturated heterocycles. The van der Waals surface area contributed by atoms with Crippen LogP contribution < -0.4 is 0 Å². The number of rotatable bonds is 3. The molecule has 0 amide bonds. The minimum Gasteiger partial charge on any atom is -0.224 e. The Kier molecular flexibility index (Phi) is 3.56. The highest BCUT2D eigenvalue weighted by Gasteiger charge is 2.19. The van der Waals surface area contributed by atoms with E-state index in [9.17, 15) is 16.8 Å². The molecule has 0 saturated carbocycles. The fourth-order valence-electron chi connectivity index (χ4n) is 1.64. The lowest BCUT2D eigenvalue weighted by atomic mass is 10.3. The maximum absolute atomic E-state index is 11.9. The Morgan fingerprint density at radius 1 is 1.14 bits per heavy atom. The molecule has 1 aromatic heterocycles. The van der Waals surface area contributed by atoms with Crippen molar-refractivity contribution in [1.29, 1.82) is 5.26 Å². The predicted molar refractivity (Wildman–Crippen MR) is 72.3 cm³/mol. The quantitative estimate of drug-likeness (QED) is 0.774. The van der Waals surface area contributed by atoms with Crippen LogP contribution in [0, 0.1) is 11.3 Å². The van der Waals surface area contributed by atoms with Crippen molar-refractivity contribution >= 4 is 19.7 Å². The highest BCUT2D eigenvalue weighted by atomic mass is 32.2. The molecule has 110 valence electrons. The molecular weight excluding hydrogens is 316 g/mol. The van der Waals surface area contributed by atoms with Crippen LogP contribution in [0.25, 0.3) is 5.69 Å². The first-order valence-corrected chi connectivity index (χ1v) is 9.27. The molecule has 1 heterocycles. The highest BCUT2D eigenvalue weighted by Crippen LogP contribution is 2.23. The van der Waals surface area contributed by atoms with E-state index in [2.05, 4.69) is 10.1 Å². The molecule has 0 unspecified atom stereocenters. The van der Waals surface area contributed by atoms with Crippen LogP contribution in [0.15, 0.2) is 34.3 Å². The second-order valence-corrected chi connectivity index (χ2v) is 8.30. The van der Waals surface area contributed by atoms with E-state index in [-0.39, 0.29) is 21.3 Å². The van der Waals surface area contributed by atoms with Crippen LogP contribution in [0.1, 0.15) is 5.82 Å². The minimum absolute atomic E-state index is 0.118. The standard InChI is InChI=1S/C11H10N4O4S2/c1-20(16,17)8-3-4-9(10(5-8)21(2,18)19)15-7-13-11(6-12)14-15/h3-5,7H,1-2H3. The molecule has 0 spiro atoms. The van der Waals surface area contributed by atoms with E-state index in [0.29, 0.717) is 0 Å². The molecule has 0 aliphatic heterocycles. The van der Waals surface area contributed by atoms with Crippen LogP contribution in [-0.4, -0.2) is 44.1 Å². The summed E-state index contributed by atoms with van der Waals surface area (Å²) in [6.45, 7) is 0. The summed E-state index contributed by atoms with van der Waals surface area (Å²) in [6, 6.07) is 5.36. The number of sulfone groups is 2. The number of hydrogen-bond acceptors (Lipinski definition) is 7. The van der Waals surface area contributed by atoms with Gasteiger partial charge < -0.3 is 0 Å². The lowest BCUT2D eigenvalue weighted by molar-refractivity contribution is 0.599. The monoisotopic (exact) mass is 326 g/mol. The van der Waals surface area contributed by atoms with Crippen LogP contribution in [-0.2, 0) is 19.7 Å². The Morgan fingerprint density at radius 3 is 2.29 bits per heavy atom. The zero-order chi connectivity index (χ0) is 15.8. The summed E-state index contributed by atoms with van der Waals surface area (Å²) in [5.74, 6) is -0.123. The second kappa shape index (κ2) is 4.94. The van der Waals surface area contributed by atoms with E-state index in [1.165, 1.54) is 18.5 Å². The van der Waals surface area contributed by atoms with Gasteiger partial charge >= 0.3 is 0 Å². The molecule has 8 nitrogen and oxygen atoms in total. The van der Waals surface area contributed by atoms with Gasteiger partial charge in [0.15, 0.2) is 19.7 Å². The van der Waals surface area contributed by atoms with Gasteiger partial charge in [-0.25, -0.2) is 26.5 Å². The fraction of sp³-hybridized carbons (Fsp3) is 0.182. The van der Waals surface area contributed by atoms with Crippen LogP contribution in [0.4, 0.5) is 0 Å². The summed E-state index contributed by atoms with van der Waals surface area (Å²) in [5.41, 5.74) is 0.124. The predicted octanol–water partition coefficient (Wildman–Crippen LogP) is -0.0540. The molecule has 0 aliphatic rings. The normalized spacial score (nSPS) is 12.0. The molecule has 21 heavy (non-hydrogen) atoms. The topological polar surface area (TPSA) is 123 Å². The summed E-state index contributed by atoms with van der Waals surface area (Å²) in [5, 5.41) is 12.5. The number of nitriles is 1. The van der Waals surface area contributed by atoms with Crippen molar-refractivity contribution in [1.82, 2.24) is 14.8 Å². The van der Waals surface area contributed by atoms with Crippen LogP contribution in [0.5, 0.6) is 0 Å². The van der Waals surface area contributed by atoms with E-state index in [1.54, 1.807) is 6.07 Å². The first-order chi connectivity index (χ1) is 9.63. The maximum Gasteiger partial charge on any atom is 0.252 e. The fourth-order valence-corrected chi connectivity index (χ4v) is 3.25. The van der Waals surface area contributed by atoms with E-state index in [0.717, 1.165) is 23.3 Å². The van der Waals surface area contributed by atoms with Crippen molar-refractivity contribution in [3.05, 3.63) is 30.4 Å². The number of hydrogen-bond donors (Lipinski definition) is 0. The molecule has 0 fully saturated rings. The van der Waals surface area contributed by atoms with Gasteiger partial charge in [-0.3, -0.25) is 0 Å². The van der Waals surface area contributed by atoms with E-state index in [4.69, 9.17) is 5.26 Å². The Hall–Kier alpha value is -2.25. The second-order valence-electron chi connectivity index (χ2n) is 4.30. The molecule has 10 heteroatoms. The van der Waals surface area contributed by atoms with E-state index >= 15 is 0 Å². The Balaban J connectivity index is 2.76. The minimum atomic E-state index is -3.70. The van der Waals surface area contributed by atoms with Crippen molar-refractivity contribution in [3.63, 3.8) is 0 Å². The smallest absolute Gasteiger partial charge is 0.224 e. The third-order valence-corrected chi connectivity index (χ3v) is 4.83. The molecular formula is C11H10N4O4S2. The van der Waals surface area contributed by atoms with Crippen molar-refractivity contribution in [3.8, 4) is 11.8 Å². The Morgan fingerprint density at radius 2 is 1.81 bits per heavy atom. The van der Waals surface area contributed by atoms with Gasteiger partial charge in [-0.2, -0.15) is 5.26 Å². The van der Waals surface area contributed by atoms with Gasteiger partial charge in [-0.1, -0.05) is 0 Å². The third-order valence-electron chi connectivity index (χ3n) is 2.60. The molecule has 0 N–H and O–H groups in total. The maximum atomic E-state index is 11.9. The highest BCUT2D eigenvalue weighted by molar-refractivity contribution is 7.91. The first kappa shape index (κ1) is 15.1. The van der Waals surface area contributed by atoms with E-state index < -0.39 is 19.7 Å². The first-order valence-electron chi connectivity index (χ1n) is 5.49. The average molecular weight is 326 g/mol. The van der Waals surface area contributed by atoms with Crippen molar-refractivity contribution < 1.29 is 16.8 Å². The number of nitrogens with zero attached hydrogens (tertiary/aromatic N) is 4. The zero-order valence-electron chi connectivity index (χ0n) is 11.0. The summed E-state index contributed by atoms with van der Waals surface area (Å²) >= 11 is 0. The van der Waals surface area contributed by atoms with Gasteiger partial charge in [0.05, 0.1) is 15.5 Å². The molecule has 1 aromatic carbocycles. The molecule has 2 aromatic rings. The summed E-state index contributed by atoms with van der Waals surface area (Å²) in [7, 11) is -7.24. The molecule has 2 rings (SSSR count). The third kappa shape index (κ3) is 3.09. The van der Waals surface area contributed by atoms with Gasteiger partial charge in [-0.15, -0.1) is 5.10 Å². The SMILES string of the molecule is CS(=O)(=O)c1ccc(-n2cnc(C#N)n2)c(S(C)(=O)=O)c1. The van der Waals surface area contributed by atoms with E-state index in [1.807, 2.05) is 0 Å². The summed E-state index contributed by atoms with van der Waals surface area (Å²) < 4.78 is 47.9. The molecule has 0 bridgehead atoms. The lowest BCUT2D eigenvalue weighted by Crippen LogP contribution is -2.08. The molecule has 0 aliphatic carbocycles. The van der Waals surface area contributed by atoms with Crippen molar-refractivity contribution in [2.24, 2.45) is 0 Å². The van der Waals surface area contributed by atoms with Gasteiger partial charge in [-0.05, 0) is 18.2 Å². The number of aromatic nitrogens is 3. The lowest BCUT2D eigenvalue weighted by Gasteiger charge is -2.09. The van der Waals surface area contributed by atoms with Crippen LogP contribution >= 0.6 is 0 Å².